The number of thiophene rings is 1. The Morgan fingerprint density at radius 1 is 0.667 bits per heavy atom. The predicted octanol–water partition coefficient (Wildman–Crippen LogP) is 3.92. The van der Waals surface area contributed by atoms with Crippen LogP contribution in [0.2, 0.25) is 0 Å². The summed E-state index contributed by atoms with van der Waals surface area (Å²) in [4.78, 5) is 0. The van der Waals surface area contributed by atoms with E-state index in [0.717, 1.165) is 11.1 Å². The molecule has 0 saturated heterocycles. The summed E-state index contributed by atoms with van der Waals surface area (Å²) in [6, 6.07) is 24.3. The van der Waals surface area contributed by atoms with Crippen LogP contribution in [0.15, 0.2) is 78.2 Å². The van der Waals surface area contributed by atoms with Crippen LogP contribution < -0.4 is 5.46 Å². The van der Waals surface area contributed by atoms with Gasteiger partial charge < -0.3 is 10.0 Å². The van der Waals surface area contributed by atoms with Crippen LogP contribution in [0.5, 0.6) is 0 Å². The standard InChI is InChI=1S/C20H15BO2S/c22-21(23)17-10-8-15(9-11-17)14-4-6-16(7-5-14)18-2-1-3-20-19(18)12-13-24-20/h1-13,22-23H. The van der Waals surface area contributed by atoms with Gasteiger partial charge in [0.1, 0.15) is 0 Å². The minimum atomic E-state index is -1.42. The zero-order valence-electron chi connectivity index (χ0n) is 12.9. The molecule has 0 aliphatic carbocycles. The van der Waals surface area contributed by atoms with Gasteiger partial charge in [-0.3, -0.25) is 0 Å². The molecule has 4 heteroatoms. The molecule has 0 aliphatic heterocycles. The van der Waals surface area contributed by atoms with Crippen LogP contribution in [0.1, 0.15) is 0 Å². The molecule has 116 valence electrons. The van der Waals surface area contributed by atoms with Crippen molar-refractivity contribution in [1.82, 2.24) is 0 Å². The molecule has 0 radical (unpaired) electrons. The SMILES string of the molecule is OB(O)c1ccc(-c2ccc(-c3cccc4sccc34)cc2)cc1. The van der Waals surface area contributed by atoms with Crippen LogP contribution in [-0.2, 0) is 0 Å². The lowest BCUT2D eigenvalue weighted by molar-refractivity contribution is 0.426. The fourth-order valence-electron chi connectivity index (χ4n) is 2.94. The number of hydrogen-bond acceptors (Lipinski definition) is 3. The molecule has 0 unspecified atom stereocenters. The summed E-state index contributed by atoms with van der Waals surface area (Å²) >= 11 is 1.76. The van der Waals surface area contributed by atoms with Gasteiger partial charge >= 0.3 is 7.12 Å². The summed E-state index contributed by atoms with van der Waals surface area (Å²) in [5.41, 5.74) is 5.11. The summed E-state index contributed by atoms with van der Waals surface area (Å²) in [6.45, 7) is 0. The first-order chi connectivity index (χ1) is 11.7. The van der Waals surface area contributed by atoms with Crippen LogP contribution in [0.25, 0.3) is 32.3 Å². The molecule has 3 aromatic carbocycles. The zero-order valence-corrected chi connectivity index (χ0v) is 13.7. The maximum absolute atomic E-state index is 9.17. The van der Waals surface area contributed by atoms with Crippen LogP contribution in [0.4, 0.5) is 0 Å². The highest BCUT2D eigenvalue weighted by atomic mass is 32.1. The van der Waals surface area contributed by atoms with E-state index >= 15 is 0 Å². The van der Waals surface area contributed by atoms with E-state index in [4.69, 9.17) is 0 Å². The molecule has 2 N–H and O–H groups in total. The lowest BCUT2D eigenvalue weighted by atomic mass is 9.80. The predicted molar refractivity (Wildman–Crippen MR) is 103 cm³/mol. The van der Waals surface area contributed by atoms with Crippen molar-refractivity contribution in [2.45, 2.75) is 0 Å². The van der Waals surface area contributed by atoms with Crippen molar-refractivity contribution in [3.05, 3.63) is 78.2 Å². The second-order valence-corrected chi connectivity index (χ2v) is 6.66. The summed E-state index contributed by atoms with van der Waals surface area (Å²) < 4.78 is 1.30. The Bertz CT molecular complexity index is 973. The van der Waals surface area contributed by atoms with Crippen molar-refractivity contribution in [3.8, 4) is 22.3 Å². The van der Waals surface area contributed by atoms with E-state index in [-0.39, 0.29) is 0 Å². The van der Waals surface area contributed by atoms with E-state index < -0.39 is 7.12 Å². The van der Waals surface area contributed by atoms with Gasteiger partial charge in [0.15, 0.2) is 0 Å². The van der Waals surface area contributed by atoms with Crippen LogP contribution in [0.3, 0.4) is 0 Å². The fraction of sp³-hybridized carbons (Fsp3) is 0. The molecule has 2 nitrogen and oxygen atoms in total. The van der Waals surface area contributed by atoms with E-state index in [0.29, 0.717) is 5.46 Å². The van der Waals surface area contributed by atoms with Crippen LogP contribution in [0, 0.1) is 0 Å². The lowest BCUT2D eigenvalue weighted by Gasteiger charge is -2.07. The molecule has 24 heavy (non-hydrogen) atoms. The molecule has 0 spiro atoms. The molecule has 0 aliphatic rings. The summed E-state index contributed by atoms with van der Waals surface area (Å²) in [6.07, 6.45) is 0. The second-order valence-electron chi connectivity index (χ2n) is 5.71. The quantitative estimate of drug-likeness (QED) is 0.559. The van der Waals surface area contributed by atoms with E-state index in [1.807, 2.05) is 12.1 Å². The molecule has 0 saturated carbocycles. The molecule has 0 fully saturated rings. The van der Waals surface area contributed by atoms with E-state index in [2.05, 4.69) is 53.9 Å². The van der Waals surface area contributed by atoms with Crippen LogP contribution in [-0.4, -0.2) is 17.2 Å². The molecular formula is C20H15BO2S. The zero-order chi connectivity index (χ0) is 16.5. The molecular weight excluding hydrogens is 315 g/mol. The van der Waals surface area contributed by atoms with Crippen molar-refractivity contribution in [2.75, 3.05) is 0 Å². The normalized spacial score (nSPS) is 10.9. The Kier molecular flexibility index (Phi) is 3.94. The third kappa shape index (κ3) is 2.76. The van der Waals surface area contributed by atoms with Gasteiger partial charge in [-0.15, -0.1) is 11.3 Å². The fourth-order valence-corrected chi connectivity index (χ4v) is 3.75. The highest BCUT2D eigenvalue weighted by Crippen LogP contribution is 2.32. The van der Waals surface area contributed by atoms with Gasteiger partial charge in [-0.1, -0.05) is 60.7 Å². The van der Waals surface area contributed by atoms with Gasteiger partial charge in [0.2, 0.25) is 0 Å². The monoisotopic (exact) mass is 330 g/mol. The number of benzene rings is 3. The highest BCUT2D eigenvalue weighted by molar-refractivity contribution is 7.17. The van der Waals surface area contributed by atoms with Crippen molar-refractivity contribution in [3.63, 3.8) is 0 Å². The first kappa shape index (κ1) is 15.2. The molecule has 0 atom stereocenters. The average Bonchev–Trinajstić information content (AvgIpc) is 3.11. The maximum atomic E-state index is 9.17. The van der Waals surface area contributed by atoms with E-state index in [9.17, 15) is 10.0 Å². The third-order valence-electron chi connectivity index (χ3n) is 4.23. The Morgan fingerprint density at radius 2 is 1.29 bits per heavy atom. The van der Waals surface area contributed by atoms with Crippen molar-refractivity contribution < 1.29 is 10.0 Å². The minimum absolute atomic E-state index is 0.500. The third-order valence-corrected chi connectivity index (χ3v) is 5.12. The Balaban J connectivity index is 1.69. The number of fused-ring (bicyclic) bond motifs is 1. The molecule has 1 aromatic heterocycles. The molecule has 4 aromatic rings. The summed E-state index contributed by atoms with van der Waals surface area (Å²) in [5, 5.41) is 21.8. The topological polar surface area (TPSA) is 40.5 Å². The van der Waals surface area contributed by atoms with Crippen molar-refractivity contribution in [1.29, 1.82) is 0 Å². The first-order valence-electron chi connectivity index (χ1n) is 7.75. The minimum Gasteiger partial charge on any atom is -0.423 e. The Hall–Kier alpha value is -2.40. The van der Waals surface area contributed by atoms with E-state index in [1.54, 1.807) is 23.5 Å². The summed E-state index contributed by atoms with van der Waals surface area (Å²) in [5.74, 6) is 0. The van der Waals surface area contributed by atoms with Gasteiger partial charge in [0.25, 0.3) is 0 Å². The van der Waals surface area contributed by atoms with Gasteiger partial charge in [0, 0.05) is 10.1 Å². The molecule has 4 rings (SSSR count). The molecule has 0 bridgehead atoms. The number of hydrogen-bond donors (Lipinski definition) is 2. The van der Waals surface area contributed by atoms with Gasteiger partial charge in [-0.2, -0.15) is 0 Å². The maximum Gasteiger partial charge on any atom is 0.488 e. The first-order valence-corrected chi connectivity index (χ1v) is 8.63. The van der Waals surface area contributed by atoms with Crippen molar-refractivity contribution in [2.24, 2.45) is 0 Å². The van der Waals surface area contributed by atoms with Crippen LogP contribution >= 0.6 is 11.3 Å². The lowest BCUT2D eigenvalue weighted by Crippen LogP contribution is -2.29. The summed E-state index contributed by atoms with van der Waals surface area (Å²) in [7, 11) is -1.42. The highest BCUT2D eigenvalue weighted by Gasteiger charge is 2.10. The van der Waals surface area contributed by atoms with Gasteiger partial charge in [-0.25, -0.2) is 0 Å². The van der Waals surface area contributed by atoms with Gasteiger partial charge in [-0.05, 0) is 45.2 Å². The molecule has 1 heterocycles. The molecule has 0 amide bonds. The Morgan fingerprint density at radius 3 is 1.96 bits per heavy atom. The van der Waals surface area contributed by atoms with E-state index in [1.165, 1.54) is 21.2 Å². The average molecular weight is 330 g/mol. The van der Waals surface area contributed by atoms with Gasteiger partial charge in [0.05, 0.1) is 0 Å². The smallest absolute Gasteiger partial charge is 0.423 e. The number of rotatable bonds is 3. The second kappa shape index (κ2) is 6.25. The Labute approximate surface area is 144 Å². The largest absolute Gasteiger partial charge is 0.488 e. The van der Waals surface area contributed by atoms with Crippen molar-refractivity contribution >= 4 is 34.0 Å².